The van der Waals surface area contributed by atoms with Crippen molar-refractivity contribution >= 4 is 44.1 Å². The first-order valence-electron chi connectivity index (χ1n) is 14.5. The maximum Gasteiger partial charge on any atom is 0.310 e. The third kappa shape index (κ3) is 6.20. The van der Waals surface area contributed by atoms with Crippen molar-refractivity contribution in [3.8, 4) is 0 Å². The molecule has 0 bridgehead atoms. The van der Waals surface area contributed by atoms with E-state index in [9.17, 15) is 22.8 Å². The zero-order valence-corrected chi connectivity index (χ0v) is 25.3. The van der Waals surface area contributed by atoms with Crippen molar-refractivity contribution in [2.24, 2.45) is 5.92 Å². The minimum absolute atomic E-state index is 0.0238. The highest BCUT2D eigenvalue weighted by Gasteiger charge is 2.35. The standard InChI is InChI=1S/C29H38N4O6S2/c1-3-31-17-13-23-24(19-31)40-27(25(23)28(35)32-14-5-6-15-32)30-26(34)20-9-11-22(12-10-20)41(37,38)33-16-7-8-21(18-33)29(36)39-4-2/h9-12,21H,3-8,13-19H2,1-2H3,(H,30,34). The number of thiophene rings is 1. The van der Waals surface area contributed by atoms with E-state index in [0.29, 0.717) is 35.5 Å². The number of amides is 2. The fourth-order valence-corrected chi connectivity index (χ4v) is 8.64. The second kappa shape index (κ2) is 12.6. The van der Waals surface area contributed by atoms with Crippen molar-refractivity contribution < 1.29 is 27.5 Å². The molecule has 0 spiro atoms. The third-order valence-electron chi connectivity index (χ3n) is 8.18. The molecule has 2 saturated heterocycles. The number of hydrogen-bond donors (Lipinski definition) is 1. The highest BCUT2D eigenvalue weighted by atomic mass is 32.2. The fourth-order valence-electron chi connectivity index (χ4n) is 5.83. The van der Waals surface area contributed by atoms with Crippen LogP contribution in [0.3, 0.4) is 0 Å². The summed E-state index contributed by atoms with van der Waals surface area (Å²) in [5.41, 5.74) is 1.94. The topological polar surface area (TPSA) is 116 Å². The summed E-state index contributed by atoms with van der Waals surface area (Å²) in [4.78, 5) is 44.5. The van der Waals surface area contributed by atoms with Crippen LogP contribution in [0.1, 0.15) is 70.7 Å². The lowest BCUT2D eigenvalue weighted by Crippen LogP contribution is -2.42. The number of ether oxygens (including phenoxy) is 1. The normalized spacial score (nSPS) is 20.0. The molecule has 4 heterocycles. The van der Waals surface area contributed by atoms with Gasteiger partial charge >= 0.3 is 5.97 Å². The summed E-state index contributed by atoms with van der Waals surface area (Å²) in [6.45, 7) is 8.51. The zero-order chi connectivity index (χ0) is 29.1. The number of fused-ring (bicyclic) bond motifs is 1. The molecule has 1 N–H and O–H groups in total. The Bertz CT molecular complexity index is 1400. The number of carbonyl (C=O) groups excluding carboxylic acids is 3. The Morgan fingerprint density at radius 1 is 1.02 bits per heavy atom. The van der Waals surface area contributed by atoms with E-state index in [4.69, 9.17) is 4.74 Å². The molecule has 12 heteroatoms. The molecule has 0 radical (unpaired) electrons. The van der Waals surface area contributed by atoms with Crippen LogP contribution in [0.4, 0.5) is 5.00 Å². The van der Waals surface area contributed by atoms with Crippen LogP contribution >= 0.6 is 11.3 Å². The van der Waals surface area contributed by atoms with Gasteiger partial charge in [-0.25, -0.2) is 8.42 Å². The lowest BCUT2D eigenvalue weighted by atomic mass is 10.0. The van der Waals surface area contributed by atoms with E-state index in [0.717, 1.165) is 62.4 Å². The Balaban J connectivity index is 1.33. The smallest absolute Gasteiger partial charge is 0.310 e. The first-order chi connectivity index (χ1) is 19.7. The second-order valence-electron chi connectivity index (χ2n) is 10.8. The molecule has 1 unspecified atom stereocenters. The van der Waals surface area contributed by atoms with Gasteiger partial charge in [-0.3, -0.25) is 19.3 Å². The van der Waals surface area contributed by atoms with Crippen LogP contribution in [0.15, 0.2) is 29.2 Å². The SMILES string of the molecule is CCOC(=O)C1CCCN(S(=O)(=O)c2ccc(C(=O)Nc3sc4c(c3C(=O)N3CCCC3)CCN(CC)C4)cc2)C1. The van der Waals surface area contributed by atoms with Gasteiger partial charge in [-0.05, 0) is 75.4 Å². The predicted molar refractivity (Wildman–Crippen MR) is 157 cm³/mol. The van der Waals surface area contributed by atoms with Crippen LogP contribution in [-0.2, 0) is 32.5 Å². The highest BCUT2D eigenvalue weighted by molar-refractivity contribution is 7.89. The molecule has 0 saturated carbocycles. The molecule has 222 valence electrons. The van der Waals surface area contributed by atoms with Gasteiger partial charge in [0.15, 0.2) is 0 Å². The van der Waals surface area contributed by atoms with Gasteiger partial charge < -0.3 is 15.0 Å². The Hall–Kier alpha value is -2.80. The molecular weight excluding hydrogens is 564 g/mol. The van der Waals surface area contributed by atoms with E-state index < -0.39 is 21.8 Å². The molecule has 1 atom stereocenters. The van der Waals surface area contributed by atoms with Crippen molar-refractivity contribution in [3.63, 3.8) is 0 Å². The number of nitrogens with one attached hydrogen (secondary N) is 1. The minimum atomic E-state index is -3.84. The number of hydrogen-bond acceptors (Lipinski definition) is 8. The summed E-state index contributed by atoms with van der Waals surface area (Å²) >= 11 is 1.46. The van der Waals surface area contributed by atoms with E-state index >= 15 is 0 Å². The molecule has 2 fully saturated rings. The summed E-state index contributed by atoms with van der Waals surface area (Å²) in [7, 11) is -3.84. The summed E-state index contributed by atoms with van der Waals surface area (Å²) in [5, 5.41) is 3.54. The van der Waals surface area contributed by atoms with Gasteiger partial charge in [0.25, 0.3) is 11.8 Å². The van der Waals surface area contributed by atoms with Gasteiger partial charge in [0, 0.05) is 49.7 Å². The molecule has 2 aromatic rings. The third-order valence-corrected chi connectivity index (χ3v) is 11.2. The molecule has 1 aromatic heterocycles. The van der Waals surface area contributed by atoms with E-state index in [-0.39, 0.29) is 29.9 Å². The van der Waals surface area contributed by atoms with Crippen LogP contribution in [-0.4, -0.2) is 86.2 Å². The number of carbonyl (C=O) groups is 3. The Labute approximate surface area is 245 Å². The lowest BCUT2D eigenvalue weighted by molar-refractivity contribution is -0.149. The van der Waals surface area contributed by atoms with E-state index in [1.54, 1.807) is 6.92 Å². The molecule has 10 nitrogen and oxygen atoms in total. The number of rotatable bonds is 8. The number of nitrogens with zero attached hydrogens (tertiary/aromatic N) is 3. The number of anilines is 1. The monoisotopic (exact) mass is 602 g/mol. The Morgan fingerprint density at radius 2 is 1.76 bits per heavy atom. The average Bonchev–Trinajstić information content (AvgIpc) is 3.65. The van der Waals surface area contributed by atoms with E-state index in [2.05, 4.69) is 17.1 Å². The minimum Gasteiger partial charge on any atom is -0.466 e. The van der Waals surface area contributed by atoms with Crippen molar-refractivity contribution in [1.29, 1.82) is 0 Å². The van der Waals surface area contributed by atoms with Gasteiger partial charge in [-0.15, -0.1) is 11.3 Å². The molecule has 5 rings (SSSR count). The summed E-state index contributed by atoms with van der Waals surface area (Å²) < 4.78 is 33.1. The van der Waals surface area contributed by atoms with Crippen molar-refractivity contribution in [1.82, 2.24) is 14.1 Å². The first kappa shape index (κ1) is 29.7. The molecule has 0 aliphatic carbocycles. The average molecular weight is 603 g/mol. The lowest BCUT2D eigenvalue weighted by Gasteiger charge is -2.30. The first-order valence-corrected chi connectivity index (χ1v) is 16.7. The number of likely N-dealkylation sites (tertiary alicyclic amines) is 1. The number of sulfonamides is 1. The molecule has 2 amide bonds. The van der Waals surface area contributed by atoms with Gasteiger partial charge in [0.05, 0.1) is 23.0 Å². The van der Waals surface area contributed by atoms with Gasteiger partial charge in [0.1, 0.15) is 5.00 Å². The van der Waals surface area contributed by atoms with Gasteiger partial charge in [0.2, 0.25) is 10.0 Å². The molecular formula is C29H38N4O6S2. The maximum atomic E-state index is 13.5. The van der Waals surface area contributed by atoms with Crippen LogP contribution in [0, 0.1) is 5.92 Å². The number of likely N-dealkylation sites (N-methyl/N-ethyl adjacent to an activating group) is 1. The van der Waals surface area contributed by atoms with Crippen LogP contribution in [0.5, 0.6) is 0 Å². The molecule has 3 aliphatic heterocycles. The maximum absolute atomic E-state index is 13.5. The largest absolute Gasteiger partial charge is 0.466 e. The number of esters is 1. The predicted octanol–water partition coefficient (Wildman–Crippen LogP) is 3.58. The zero-order valence-electron chi connectivity index (χ0n) is 23.7. The van der Waals surface area contributed by atoms with Crippen LogP contribution < -0.4 is 5.32 Å². The highest BCUT2D eigenvalue weighted by Crippen LogP contribution is 2.38. The van der Waals surface area contributed by atoms with Gasteiger partial charge in [-0.2, -0.15) is 4.31 Å². The number of benzene rings is 1. The second-order valence-corrected chi connectivity index (χ2v) is 13.8. The summed E-state index contributed by atoms with van der Waals surface area (Å²) in [5.74, 6) is -1.28. The van der Waals surface area contributed by atoms with E-state index in [1.165, 1.54) is 39.9 Å². The van der Waals surface area contributed by atoms with Crippen molar-refractivity contribution in [2.75, 3.05) is 51.2 Å². The molecule has 41 heavy (non-hydrogen) atoms. The van der Waals surface area contributed by atoms with Crippen molar-refractivity contribution in [3.05, 3.63) is 45.8 Å². The Morgan fingerprint density at radius 3 is 2.44 bits per heavy atom. The summed E-state index contributed by atoms with van der Waals surface area (Å²) in [6, 6.07) is 5.83. The fraction of sp³-hybridized carbons (Fsp3) is 0.552. The number of piperidine rings is 1. The van der Waals surface area contributed by atoms with Crippen molar-refractivity contribution in [2.45, 2.75) is 57.4 Å². The van der Waals surface area contributed by atoms with E-state index in [1.807, 2.05) is 4.90 Å². The van der Waals surface area contributed by atoms with Crippen LogP contribution in [0.2, 0.25) is 0 Å². The molecule has 3 aliphatic rings. The quantitative estimate of drug-likeness (QED) is 0.459. The summed E-state index contributed by atoms with van der Waals surface area (Å²) in [6.07, 6.45) is 3.90. The Kier molecular flexibility index (Phi) is 9.12. The molecule has 1 aromatic carbocycles. The van der Waals surface area contributed by atoms with Gasteiger partial charge in [-0.1, -0.05) is 6.92 Å². The van der Waals surface area contributed by atoms with Crippen LogP contribution in [0.25, 0.3) is 0 Å².